The van der Waals surface area contributed by atoms with Gasteiger partial charge in [0.25, 0.3) is 5.91 Å². The third-order valence-electron chi connectivity index (χ3n) is 7.18. The summed E-state index contributed by atoms with van der Waals surface area (Å²) in [6.07, 6.45) is 4.18. The number of ether oxygens (including phenoxy) is 2. The van der Waals surface area contributed by atoms with Gasteiger partial charge in [0.1, 0.15) is 29.2 Å². The van der Waals surface area contributed by atoms with Crippen LogP contribution in [0.1, 0.15) is 77.0 Å². The summed E-state index contributed by atoms with van der Waals surface area (Å²) in [5.41, 5.74) is 1.14. The van der Waals surface area contributed by atoms with Crippen LogP contribution in [0, 0.1) is 0 Å². The van der Waals surface area contributed by atoms with Crippen molar-refractivity contribution in [1.82, 2.24) is 10.2 Å². The van der Waals surface area contributed by atoms with Gasteiger partial charge in [0, 0.05) is 18.7 Å². The number of benzene rings is 3. The number of hydrogen-bond acceptors (Lipinski definition) is 6. The van der Waals surface area contributed by atoms with Crippen LogP contribution in [-0.4, -0.2) is 53.2 Å². The Morgan fingerprint density at radius 2 is 1.51 bits per heavy atom. The van der Waals surface area contributed by atoms with E-state index in [4.69, 9.17) is 9.47 Å². The fourth-order valence-corrected chi connectivity index (χ4v) is 4.97. The van der Waals surface area contributed by atoms with Gasteiger partial charge < -0.3 is 30.1 Å². The van der Waals surface area contributed by atoms with Gasteiger partial charge in [-0.2, -0.15) is 0 Å². The lowest BCUT2D eigenvalue weighted by atomic mass is 9.99. The van der Waals surface area contributed by atoms with E-state index in [1.165, 1.54) is 12.1 Å². The molecule has 0 saturated carbocycles. The monoisotopic (exact) mass is 617 g/mol. The van der Waals surface area contributed by atoms with Gasteiger partial charge in [-0.3, -0.25) is 9.59 Å². The molecule has 3 amide bonds. The first-order valence-electron chi connectivity index (χ1n) is 15.6. The van der Waals surface area contributed by atoms with Crippen LogP contribution in [0.4, 0.5) is 10.5 Å². The van der Waals surface area contributed by atoms with Gasteiger partial charge in [-0.05, 0) is 74.7 Å². The lowest BCUT2D eigenvalue weighted by Gasteiger charge is -2.34. The van der Waals surface area contributed by atoms with Gasteiger partial charge in [0.2, 0.25) is 5.91 Å². The zero-order valence-electron chi connectivity index (χ0n) is 27.0. The number of nitrogens with zero attached hydrogens (tertiary/aromatic N) is 1. The fraction of sp³-hybridized carbons (Fsp3) is 0.417. The Bertz CT molecular complexity index is 1350. The lowest BCUT2D eigenvalue weighted by Crippen LogP contribution is -2.53. The molecule has 0 fully saturated rings. The molecule has 0 aliphatic rings. The second kappa shape index (κ2) is 17.1. The normalized spacial score (nSPS) is 12.5. The van der Waals surface area contributed by atoms with E-state index in [1.807, 2.05) is 30.3 Å². The van der Waals surface area contributed by atoms with E-state index in [0.29, 0.717) is 23.4 Å². The van der Waals surface area contributed by atoms with Crippen molar-refractivity contribution < 1.29 is 29.0 Å². The lowest BCUT2D eigenvalue weighted by molar-refractivity contribution is -0.140. The first-order valence-corrected chi connectivity index (χ1v) is 15.6. The van der Waals surface area contributed by atoms with Crippen molar-refractivity contribution in [2.45, 2.75) is 83.9 Å². The Balaban J connectivity index is 2.04. The van der Waals surface area contributed by atoms with Crippen LogP contribution in [-0.2, 0) is 20.7 Å². The van der Waals surface area contributed by atoms with Gasteiger partial charge in [-0.25, -0.2) is 4.79 Å². The van der Waals surface area contributed by atoms with Gasteiger partial charge in [0.15, 0.2) is 0 Å². The molecule has 2 atom stereocenters. The summed E-state index contributed by atoms with van der Waals surface area (Å²) in [5, 5.41) is 15.8. The highest BCUT2D eigenvalue weighted by Crippen LogP contribution is 2.28. The molecule has 3 rings (SSSR count). The number of unbranched alkanes of at least 4 members (excludes halogenated alkanes) is 4. The topological polar surface area (TPSA) is 117 Å². The van der Waals surface area contributed by atoms with Crippen LogP contribution in [0.5, 0.6) is 11.5 Å². The molecule has 0 aliphatic carbocycles. The summed E-state index contributed by atoms with van der Waals surface area (Å²) in [4.78, 5) is 43.3. The van der Waals surface area contributed by atoms with Crippen LogP contribution >= 0.6 is 0 Å². The smallest absolute Gasteiger partial charge is 0.408 e. The molecule has 3 aromatic rings. The molecule has 9 heteroatoms. The molecule has 0 aromatic heterocycles. The molecule has 0 aliphatic heterocycles. The fourth-order valence-electron chi connectivity index (χ4n) is 4.97. The zero-order chi connectivity index (χ0) is 32.8. The maximum Gasteiger partial charge on any atom is 0.408 e. The highest BCUT2D eigenvalue weighted by atomic mass is 16.6. The van der Waals surface area contributed by atoms with Crippen LogP contribution in [0.15, 0.2) is 78.9 Å². The van der Waals surface area contributed by atoms with Crippen molar-refractivity contribution in [3.63, 3.8) is 0 Å². The average Bonchev–Trinajstić information content (AvgIpc) is 3.00. The largest absolute Gasteiger partial charge is 0.508 e. The van der Waals surface area contributed by atoms with Crippen LogP contribution < -0.4 is 15.4 Å². The molecule has 0 spiro atoms. The number of hydrogen-bond donors (Lipinski definition) is 3. The van der Waals surface area contributed by atoms with E-state index >= 15 is 0 Å². The molecular weight excluding hydrogens is 570 g/mol. The van der Waals surface area contributed by atoms with Crippen LogP contribution in [0.2, 0.25) is 0 Å². The Morgan fingerprint density at radius 1 is 0.867 bits per heavy atom. The summed E-state index contributed by atoms with van der Waals surface area (Å²) < 4.78 is 10.8. The third-order valence-corrected chi connectivity index (χ3v) is 7.18. The summed E-state index contributed by atoms with van der Waals surface area (Å²) in [7, 11) is 1.57. The van der Waals surface area contributed by atoms with Crippen molar-refractivity contribution in [2.24, 2.45) is 0 Å². The Kier molecular flexibility index (Phi) is 13.3. The minimum atomic E-state index is -1.05. The van der Waals surface area contributed by atoms with Crippen LogP contribution in [0.3, 0.4) is 0 Å². The van der Waals surface area contributed by atoms with E-state index in [9.17, 15) is 19.5 Å². The molecular formula is C36H47N3O6. The Hall–Kier alpha value is -4.53. The molecule has 0 heterocycles. The van der Waals surface area contributed by atoms with E-state index in [1.54, 1.807) is 69.2 Å². The molecule has 9 nitrogen and oxygen atoms in total. The Morgan fingerprint density at radius 3 is 2.11 bits per heavy atom. The first-order chi connectivity index (χ1) is 21.5. The quantitative estimate of drug-likeness (QED) is 0.158. The number of nitrogens with one attached hydrogen (secondary N) is 2. The maximum atomic E-state index is 14.6. The number of rotatable bonds is 15. The predicted molar refractivity (Wildman–Crippen MR) is 176 cm³/mol. The number of anilines is 1. The molecule has 0 bridgehead atoms. The summed E-state index contributed by atoms with van der Waals surface area (Å²) >= 11 is 0. The van der Waals surface area contributed by atoms with E-state index in [-0.39, 0.29) is 18.7 Å². The SMILES string of the molecule is CCCCCCCN(C(=O)C(Cc1ccccc1)NC(=O)OC(C)(C)C)C(C(=O)Nc1ccc(OC)cc1)c1ccc(O)cc1. The maximum absolute atomic E-state index is 14.6. The number of carbonyl (C=O) groups excluding carboxylic acids is 3. The summed E-state index contributed by atoms with van der Waals surface area (Å²) in [6, 6.07) is 20.5. The number of amides is 3. The number of phenolic OH excluding ortho intramolecular Hbond substituents is 1. The van der Waals surface area contributed by atoms with Crippen molar-refractivity contribution in [3.8, 4) is 11.5 Å². The van der Waals surface area contributed by atoms with Crippen molar-refractivity contribution >= 4 is 23.6 Å². The summed E-state index contributed by atoms with van der Waals surface area (Å²) in [5.74, 6) is -0.158. The standard InChI is InChI=1S/C36H47N3O6/c1-6-7-8-9-13-24-39(34(42)31(25-26-14-11-10-12-15-26)38-35(43)45-36(2,3)4)32(27-16-20-29(40)21-17-27)33(41)37-28-18-22-30(44-5)23-19-28/h10-12,14-23,31-32,40H,6-9,13,24-25H2,1-5H3,(H,37,41)(H,38,43). The first kappa shape index (κ1) is 35.0. The van der Waals surface area contributed by atoms with Gasteiger partial charge >= 0.3 is 6.09 Å². The molecule has 2 unspecified atom stereocenters. The second-order valence-corrected chi connectivity index (χ2v) is 12.0. The average molecular weight is 618 g/mol. The molecule has 3 N–H and O–H groups in total. The Labute approximate surface area is 266 Å². The molecule has 242 valence electrons. The molecule has 3 aromatic carbocycles. The van der Waals surface area contributed by atoms with Gasteiger partial charge in [0.05, 0.1) is 7.11 Å². The number of methoxy groups -OCH3 is 1. The molecule has 0 saturated heterocycles. The minimum Gasteiger partial charge on any atom is -0.508 e. The number of aromatic hydroxyl groups is 1. The minimum absolute atomic E-state index is 0.0408. The van der Waals surface area contributed by atoms with Crippen molar-refractivity contribution in [1.29, 1.82) is 0 Å². The highest BCUT2D eigenvalue weighted by molar-refractivity contribution is 5.99. The van der Waals surface area contributed by atoms with Crippen LogP contribution in [0.25, 0.3) is 0 Å². The number of carbonyl (C=O) groups is 3. The second-order valence-electron chi connectivity index (χ2n) is 12.0. The van der Waals surface area contributed by atoms with E-state index < -0.39 is 35.6 Å². The van der Waals surface area contributed by atoms with Gasteiger partial charge in [-0.1, -0.05) is 75.1 Å². The number of phenols is 1. The van der Waals surface area contributed by atoms with E-state index in [2.05, 4.69) is 17.6 Å². The zero-order valence-corrected chi connectivity index (χ0v) is 27.0. The predicted octanol–water partition coefficient (Wildman–Crippen LogP) is 7.02. The van der Waals surface area contributed by atoms with Crippen molar-refractivity contribution in [3.05, 3.63) is 90.0 Å². The molecule has 0 radical (unpaired) electrons. The van der Waals surface area contributed by atoms with Gasteiger partial charge in [-0.15, -0.1) is 0 Å². The summed E-state index contributed by atoms with van der Waals surface area (Å²) in [6.45, 7) is 7.69. The van der Waals surface area contributed by atoms with Crippen molar-refractivity contribution in [2.75, 3.05) is 19.0 Å². The highest BCUT2D eigenvalue weighted by Gasteiger charge is 2.36. The number of alkyl carbamates (subject to hydrolysis) is 1. The third kappa shape index (κ3) is 11.5. The van der Waals surface area contributed by atoms with E-state index in [0.717, 1.165) is 31.2 Å². The molecule has 45 heavy (non-hydrogen) atoms.